The lowest BCUT2D eigenvalue weighted by molar-refractivity contribution is 0.0516. The van der Waals surface area contributed by atoms with Crippen LogP contribution in [0, 0.1) is 5.92 Å². The first-order chi connectivity index (χ1) is 10.3. The van der Waals surface area contributed by atoms with Gasteiger partial charge in [-0.05, 0) is 45.1 Å². The van der Waals surface area contributed by atoms with E-state index >= 15 is 0 Å². The predicted molar refractivity (Wildman–Crippen MR) is 80.3 cm³/mol. The highest BCUT2D eigenvalue weighted by Crippen LogP contribution is 2.36. The van der Waals surface area contributed by atoms with Crippen molar-refractivity contribution in [3.05, 3.63) is 11.7 Å². The summed E-state index contributed by atoms with van der Waals surface area (Å²) in [4.78, 5) is 4.71. The van der Waals surface area contributed by atoms with Crippen LogP contribution in [-0.4, -0.2) is 36.4 Å². The highest BCUT2D eigenvalue weighted by Gasteiger charge is 2.32. The monoisotopic (exact) mass is 293 g/mol. The van der Waals surface area contributed by atoms with Crippen LogP contribution in [0.2, 0.25) is 0 Å². The van der Waals surface area contributed by atoms with Crippen LogP contribution in [0.1, 0.15) is 69.0 Å². The molecule has 3 rings (SSSR count). The van der Waals surface area contributed by atoms with E-state index in [1.54, 1.807) is 0 Å². The molecule has 2 heterocycles. The second-order valence-electron chi connectivity index (χ2n) is 6.48. The lowest BCUT2D eigenvalue weighted by atomic mass is 9.80. The maximum absolute atomic E-state index is 5.58. The molecule has 2 atom stereocenters. The van der Waals surface area contributed by atoms with Crippen molar-refractivity contribution >= 4 is 0 Å². The molecule has 5 nitrogen and oxygen atoms in total. The molecule has 0 bridgehead atoms. The van der Waals surface area contributed by atoms with E-state index in [1.807, 2.05) is 7.05 Å². The Balaban J connectivity index is 1.66. The van der Waals surface area contributed by atoms with Gasteiger partial charge in [0.05, 0.1) is 12.5 Å². The number of ether oxygens (including phenoxy) is 1. The highest BCUT2D eigenvalue weighted by atomic mass is 16.5. The summed E-state index contributed by atoms with van der Waals surface area (Å²) >= 11 is 0. The zero-order valence-electron chi connectivity index (χ0n) is 13.2. The summed E-state index contributed by atoms with van der Waals surface area (Å²) in [6.07, 6.45) is 7.31. The van der Waals surface area contributed by atoms with Gasteiger partial charge in [-0.3, -0.25) is 0 Å². The quantitative estimate of drug-likeness (QED) is 0.925. The largest absolute Gasteiger partial charge is 0.381 e. The van der Waals surface area contributed by atoms with E-state index in [-0.39, 0.29) is 5.92 Å². The number of rotatable bonds is 4. The Morgan fingerprint density at radius 2 is 2.00 bits per heavy atom. The molecular weight excluding hydrogens is 266 g/mol. The lowest BCUT2D eigenvalue weighted by Crippen LogP contribution is -2.39. The Labute approximate surface area is 126 Å². The molecule has 118 valence electrons. The minimum Gasteiger partial charge on any atom is -0.381 e. The predicted octanol–water partition coefficient (Wildman–Crippen LogP) is 2.85. The van der Waals surface area contributed by atoms with E-state index < -0.39 is 0 Å². The summed E-state index contributed by atoms with van der Waals surface area (Å²) in [5, 5.41) is 7.61. The minimum absolute atomic E-state index is 0.192. The van der Waals surface area contributed by atoms with Crippen LogP contribution in [0.5, 0.6) is 0 Å². The average Bonchev–Trinajstić information content (AvgIpc) is 3.04. The number of hydrogen-bond donors (Lipinski definition) is 1. The van der Waals surface area contributed by atoms with E-state index in [4.69, 9.17) is 14.2 Å². The van der Waals surface area contributed by atoms with Crippen molar-refractivity contribution in [2.45, 2.75) is 63.3 Å². The molecule has 1 aliphatic carbocycles. The third kappa shape index (κ3) is 3.29. The lowest BCUT2D eigenvalue weighted by Gasteiger charge is -2.28. The van der Waals surface area contributed by atoms with Crippen LogP contribution in [0.15, 0.2) is 4.52 Å². The summed E-state index contributed by atoms with van der Waals surface area (Å²) in [6, 6.07) is 0.378. The smallest absolute Gasteiger partial charge is 0.233 e. The maximum atomic E-state index is 5.58. The van der Waals surface area contributed by atoms with Gasteiger partial charge in [-0.1, -0.05) is 18.5 Å². The van der Waals surface area contributed by atoms with Gasteiger partial charge in [0.2, 0.25) is 5.89 Å². The summed E-state index contributed by atoms with van der Waals surface area (Å²) in [6.45, 7) is 3.78. The SMILES string of the molecule is CCC1CCC(c2noc(C3COCCC3NC)n2)CC1. The molecule has 2 fully saturated rings. The van der Waals surface area contributed by atoms with E-state index in [2.05, 4.69) is 17.4 Å². The molecule has 1 saturated heterocycles. The molecule has 1 aromatic rings. The molecule has 0 amide bonds. The second-order valence-corrected chi connectivity index (χ2v) is 6.48. The Bertz CT molecular complexity index is 440. The van der Waals surface area contributed by atoms with Gasteiger partial charge in [-0.2, -0.15) is 4.98 Å². The minimum atomic E-state index is 0.192. The first-order valence-corrected chi connectivity index (χ1v) is 8.40. The molecular formula is C16H27N3O2. The van der Waals surface area contributed by atoms with Crippen molar-refractivity contribution in [3.8, 4) is 0 Å². The van der Waals surface area contributed by atoms with E-state index in [1.165, 1.54) is 32.1 Å². The number of nitrogens with one attached hydrogen (secondary N) is 1. The van der Waals surface area contributed by atoms with Crippen LogP contribution >= 0.6 is 0 Å². The van der Waals surface area contributed by atoms with Gasteiger partial charge >= 0.3 is 0 Å². The summed E-state index contributed by atoms with van der Waals surface area (Å²) < 4.78 is 11.1. The van der Waals surface area contributed by atoms with Crippen molar-refractivity contribution in [1.82, 2.24) is 15.5 Å². The summed E-state index contributed by atoms with van der Waals surface area (Å²) in [7, 11) is 1.99. The van der Waals surface area contributed by atoms with Crippen LogP contribution in [0.4, 0.5) is 0 Å². The van der Waals surface area contributed by atoms with Gasteiger partial charge in [0.25, 0.3) is 0 Å². The van der Waals surface area contributed by atoms with Crippen molar-refractivity contribution < 1.29 is 9.26 Å². The van der Waals surface area contributed by atoms with Crippen LogP contribution in [0.3, 0.4) is 0 Å². The topological polar surface area (TPSA) is 60.2 Å². The van der Waals surface area contributed by atoms with Crippen LogP contribution < -0.4 is 5.32 Å². The summed E-state index contributed by atoms with van der Waals surface area (Å²) in [5.41, 5.74) is 0. The Morgan fingerprint density at radius 3 is 2.71 bits per heavy atom. The number of aromatic nitrogens is 2. The normalized spacial score (nSPS) is 34.0. The molecule has 1 aromatic heterocycles. The zero-order chi connectivity index (χ0) is 14.7. The highest BCUT2D eigenvalue weighted by molar-refractivity contribution is 5.04. The van der Waals surface area contributed by atoms with Crippen molar-refractivity contribution in [1.29, 1.82) is 0 Å². The molecule has 2 aliphatic rings. The second kappa shape index (κ2) is 6.88. The van der Waals surface area contributed by atoms with Crippen molar-refractivity contribution in [3.63, 3.8) is 0 Å². The molecule has 1 aliphatic heterocycles. The first-order valence-electron chi connectivity index (χ1n) is 8.40. The van der Waals surface area contributed by atoms with Crippen molar-refractivity contribution in [2.75, 3.05) is 20.3 Å². The molecule has 0 spiro atoms. The molecule has 2 unspecified atom stereocenters. The molecule has 0 radical (unpaired) electrons. The Kier molecular flexibility index (Phi) is 4.91. The van der Waals surface area contributed by atoms with Gasteiger partial charge < -0.3 is 14.6 Å². The van der Waals surface area contributed by atoms with Gasteiger partial charge in [-0.25, -0.2) is 0 Å². The molecule has 1 N–H and O–H groups in total. The van der Waals surface area contributed by atoms with Gasteiger partial charge in [0.1, 0.15) is 0 Å². The molecule has 1 saturated carbocycles. The Morgan fingerprint density at radius 1 is 1.19 bits per heavy atom. The Hall–Kier alpha value is -0.940. The first kappa shape index (κ1) is 15.0. The number of nitrogens with zero attached hydrogens (tertiary/aromatic N) is 2. The molecule has 21 heavy (non-hydrogen) atoms. The number of likely N-dealkylation sites (N-methyl/N-ethyl adjacent to an activating group) is 1. The standard InChI is InChI=1S/C16H27N3O2/c1-3-11-4-6-12(7-5-11)15-18-16(21-19-15)13-10-20-9-8-14(13)17-2/h11-14,17H,3-10H2,1-2H3. The third-order valence-corrected chi connectivity index (χ3v) is 5.29. The fourth-order valence-electron chi connectivity index (χ4n) is 3.72. The summed E-state index contributed by atoms with van der Waals surface area (Å²) in [5.74, 6) is 3.24. The number of hydrogen-bond acceptors (Lipinski definition) is 5. The molecule has 5 heteroatoms. The van der Waals surface area contributed by atoms with Crippen LogP contribution in [-0.2, 0) is 4.74 Å². The van der Waals surface area contributed by atoms with Crippen LogP contribution in [0.25, 0.3) is 0 Å². The van der Waals surface area contributed by atoms with E-state index in [9.17, 15) is 0 Å². The van der Waals surface area contributed by atoms with E-state index in [0.717, 1.165) is 30.7 Å². The maximum Gasteiger partial charge on any atom is 0.233 e. The molecule has 0 aromatic carbocycles. The average molecular weight is 293 g/mol. The van der Waals surface area contributed by atoms with Crippen molar-refractivity contribution in [2.24, 2.45) is 5.92 Å². The third-order valence-electron chi connectivity index (χ3n) is 5.29. The van der Waals surface area contributed by atoms with Gasteiger partial charge in [0, 0.05) is 18.6 Å². The zero-order valence-corrected chi connectivity index (χ0v) is 13.2. The fraction of sp³-hybridized carbons (Fsp3) is 0.875. The van der Waals surface area contributed by atoms with E-state index in [0.29, 0.717) is 18.6 Å². The van der Waals surface area contributed by atoms with Gasteiger partial charge in [0.15, 0.2) is 5.82 Å². The van der Waals surface area contributed by atoms with Gasteiger partial charge in [-0.15, -0.1) is 0 Å². The fourth-order valence-corrected chi connectivity index (χ4v) is 3.72.